The maximum atomic E-state index is 10.5. The van der Waals surface area contributed by atoms with E-state index in [2.05, 4.69) is 20.5 Å². The molecule has 0 spiro atoms. The van der Waals surface area contributed by atoms with E-state index in [1.165, 1.54) is 11.3 Å². The molecule has 3 aromatic rings. The van der Waals surface area contributed by atoms with Gasteiger partial charge in [-0.3, -0.25) is 4.79 Å². The standard InChI is InChI=1S/C12H11N5O3S/c18-11(19)4-3-8-6-17(16-13-8)7-10-14-15-12(20-10)9-2-1-5-21-9/h1-2,5-6H,3-4,7H2,(H,18,19). The summed E-state index contributed by atoms with van der Waals surface area (Å²) in [4.78, 5) is 11.4. The normalized spacial score (nSPS) is 10.9. The number of thiophene rings is 1. The SMILES string of the molecule is O=C(O)CCc1cn(Cc2nnc(-c3cccs3)o2)nn1. The minimum Gasteiger partial charge on any atom is -0.481 e. The Morgan fingerprint density at radius 3 is 3.05 bits per heavy atom. The van der Waals surface area contributed by atoms with Crippen LogP contribution in [0.15, 0.2) is 28.1 Å². The summed E-state index contributed by atoms with van der Waals surface area (Å²) in [5, 5.41) is 26.3. The van der Waals surface area contributed by atoms with Crippen LogP contribution >= 0.6 is 11.3 Å². The number of rotatable bonds is 6. The molecule has 0 bridgehead atoms. The molecule has 21 heavy (non-hydrogen) atoms. The lowest BCUT2D eigenvalue weighted by molar-refractivity contribution is -0.136. The lowest BCUT2D eigenvalue weighted by Gasteiger charge is -1.93. The van der Waals surface area contributed by atoms with E-state index in [1.807, 2.05) is 17.5 Å². The molecule has 0 fully saturated rings. The Kier molecular flexibility index (Phi) is 3.73. The van der Waals surface area contributed by atoms with E-state index in [1.54, 1.807) is 10.9 Å². The van der Waals surface area contributed by atoms with Gasteiger partial charge in [0.1, 0.15) is 6.54 Å². The Labute approximate surface area is 123 Å². The van der Waals surface area contributed by atoms with Gasteiger partial charge in [0, 0.05) is 12.6 Å². The van der Waals surface area contributed by atoms with Gasteiger partial charge >= 0.3 is 5.97 Å². The van der Waals surface area contributed by atoms with E-state index < -0.39 is 5.97 Å². The Bertz CT molecular complexity index is 734. The molecule has 0 radical (unpaired) electrons. The average Bonchev–Trinajstić information content (AvgIpc) is 3.18. The number of hydrogen-bond donors (Lipinski definition) is 1. The summed E-state index contributed by atoms with van der Waals surface area (Å²) in [6.07, 6.45) is 2.05. The van der Waals surface area contributed by atoms with Crippen molar-refractivity contribution in [3.05, 3.63) is 35.3 Å². The lowest BCUT2D eigenvalue weighted by atomic mass is 10.2. The highest BCUT2D eigenvalue weighted by molar-refractivity contribution is 7.13. The molecule has 9 heteroatoms. The maximum Gasteiger partial charge on any atom is 0.303 e. The fourth-order valence-corrected chi connectivity index (χ4v) is 2.37. The van der Waals surface area contributed by atoms with Crippen molar-refractivity contribution < 1.29 is 14.3 Å². The third-order valence-corrected chi connectivity index (χ3v) is 3.54. The predicted octanol–water partition coefficient (Wildman–Crippen LogP) is 1.46. The Morgan fingerprint density at radius 2 is 2.29 bits per heavy atom. The number of carboxylic acids is 1. The minimum atomic E-state index is -0.859. The van der Waals surface area contributed by atoms with Crippen LogP contribution in [0.3, 0.4) is 0 Å². The van der Waals surface area contributed by atoms with Crippen LogP contribution < -0.4 is 0 Å². The highest BCUT2D eigenvalue weighted by Gasteiger charge is 2.11. The average molecular weight is 305 g/mol. The zero-order valence-electron chi connectivity index (χ0n) is 10.8. The molecule has 1 N–H and O–H groups in total. The molecule has 0 aliphatic carbocycles. The maximum absolute atomic E-state index is 10.5. The quantitative estimate of drug-likeness (QED) is 0.734. The molecular weight excluding hydrogens is 294 g/mol. The van der Waals surface area contributed by atoms with Crippen LogP contribution in [0.5, 0.6) is 0 Å². The molecule has 0 amide bonds. The van der Waals surface area contributed by atoms with Crippen molar-refractivity contribution in [3.8, 4) is 10.8 Å². The van der Waals surface area contributed by atoms with Crippen molar-refractivity contribution in [1.82, 2.24) is 25.2 Å². The number of nitrogens with zero attached hydrogens (tertiary/aromatic N) is 5. The minimum absolute atomic E-state index is 0.0295. The topological polar surface area (TPSA) is 107 Å². The van der Waals surface area contributed by atoms with Crippen LogP contribution in [0.25, 0.3) is 10.8 Å². The van der Waals surface area contributed by atoms with Crippen LogP contribution in [-0.4, -0.2) is 36.3 Å². The van der Waals surface area contributed by atoms with E-state index in [4.69, 9.17) is 9.52 Å². The Morgan fingerprint density at radius 1 is 1.38 bits per heavy atom. The van der Waals surface area contributed by atoms with Gasteiger partial charge in [0.25, 0.3) is 5.89 Å². The van der Waals surface area contributed by atoms with Crippen LogP contribution in [0.4, 0.5) is 0 Å². The molecule has 0 atom stereocenters. The second kappa shape index (κ2) is 5.83. The zero-order chi connectivity index (χ0) is 14.7. The van der Waals surface area contributed by atoms with Gasteiger partial charge < -0.3 is 9.52 Å². The smallest absolute Gasteiger partial charge is 0.303 e. The monoisotopic (exact) mass is 305 g/mol. The summed E-state index contributed by atoms with van der Waals surface area (Å²) in [6, 6.07) is 3.82. The fraction of sp³-hybridized carbons (Fsp3) is 0.250. The van der Waals surface area contributed by atoms with Gasteiger partial charge in [-0.1, -0.05) is 11.3 Å². The summed E-state index contributed by atoms with van der Waals surface area (Å²) in [6.45, 7) is 0.304. The van der Waals surface area contributed by atoms with Crippen molar-refractivity contribution in [2.45, 2.75) is 19.4 Å². The third kappa shape index (κ3) is 3.31. The number of carbonyl (C=O) groups is 1. The van der Waals surface area contributed by atoms with Crippen molar-refractivity contribution >= 4 is 17.3 Å². The summed E-state index contributed by atoms with van der Waals surface area (Å²) < 4.78 is 7.09. The predicted molar refractivity (Wildman–Crippen MR) is 72.7 cm³/mol. The zero-order valence-corrected chi connectivity index (χ0v) is 11.7. The summed E-state index contributed by atoms with van der Waals surface area (Å²) in [5.74, 6) is 0.0429. The summed E-state index contributed by atoms with van der Waals surface area (Å²) in [5.41, 5.74) is 0.621. The van der Waals surface area contributed by atoms with Crippen LogP contribution in [0, 0.1) is 0 Å². The number of carboxylic acid groups (broad SMARTS) is 1. The molecule has 8 nitrogen and oxygen atoms in total. The van der Waals surface area contributed by atoms with Crippen molar-refractivity contribution in [3.63, 3.8) is 0 Å². The largest absolute Gasteiger partial charge is 0.481 e. The van der Waals surface area contributed by atoms with Gasteiger partial charge in [-0.25, -0.2) is 4.68 Å². The first-order valence-corrected chi connectivity index (χ1v) is 7.06. The lowest BCUT2D eigenvalue weighted by Crippen LogP contribution is -2.00. The highest BCUT2D eigenvalue weighted by atomic mass is 32.1. The molecule has 0 saturated carbocycles. The van der Waals surface area contributed by atoms with E-state index in [9.17, 15) is 4.79 Å². The number of aromatic nitrogens is 5. The van der Waals surface area contributed by atoms with Crippen LogP contribution in [-0.2, 0) is 17.8 Å². The van der Waals surface area contributed by atoms with Crippen molar-refractivity contribution in [2.75, 3.05) is 0 Å². The summed E-state index contributed by atoms with van der Waals surface area (Å²) in [7, 11) is 0. The van der Waals surface area contributed by atoms with Gasteiger partial charge in [0.2, 0.25) is 5.89 Å². The number of aliphatic carboxylic acids is 1. The van der Waals surface area contributed by atoms with Crippen LogP contribution in [0.1, 0.15) is 18.0 Å². The summed E-state index contributed by atoms with van der Waals surface area (Å²) >= 11 is 1.52. The third-order valence-electron chi connectivity index (χ3n) is 2.68. The molecule has 0 unspecified atom stereocenters. The first kappa shape index (κ1) is 13.4. The molecule has 3 rings (SSSR count). The van der Waals surface area contributed by atoms with Crippen LogP contribution in [0.2, 0.25) is 0 Å². The molecule has 0 aliphatic heterocycles. The van der Waals surface area contributed by atoms with Crippen molar-refractivity contribution in [2.24, 2.45) is 0 Å². The van der Waals surface area contributed by atoms with Gasteiger partial charge in [-0.05, 0) is 11.4 Å². The van der Waals surface area contributed by atoms with Gasteiger partial charge in [0.15, 0.2) is 0 Å². The Hall–Kier alpha value is -2.55. The molecule has 108 valence electrons. The second-order valence-corrected chi connectivity index (χ2v) is 5.23. The molecule has 0 aromatic carbocycles. The molecule has 3 aromatic heterocycles. The van der Waals surface area contributed by atoms with E-state index in [0.717, 1.165) is 4.88 Å². The molecular formula is C12H11N5O3S. The number of hydrogen-bond acceptors (Lipinski definition) is 7. The second-order valence-electron chi connectivity index (χ2n) is 4.28. The Balaban J connectivity index is 1.65. The molecule has 0 saturated heterocycles. The first-order chi connectivity index (χ1) is 10.2. The van der Waals surface area contributed by atoms with Crippen molar-refractivity contribution in [1.29, 1.82) is 0 Å². The van der Waals surface area contributed by atoms with Gasteiger partial charge in [-0.2, -0.15) is 0 Å². The fourth-order valence-electron chi connectivity index (χ4n) is 1.72. The van der Waals surface area contributed by atoms with Gasteiger partial charge in [0.05, 0.1) is 17.0 Å². The van der Waals surface area contributed by atoms with E-state index in [-0.39, 0.29) is 6.42 Å². The first-order valence-electron chi connectivity index (χ1n) is 6.18. The highest BCUT2D eigenvalue weighted by Crippen LogP contribution is 2.23. The number of aryl methyl sites for hydroxylation is 1. The molecule has 3 heterocycles. The van der Waals surface area contributed by atoms with E-state index >= 15 is 0 Å². The van der Waals surface area contributed by atoms with Gasteiger partial charge in [-0.15, -0.1) is 26.6 Å². The molecule has 0 aliphatic rings. The van der Waals surface area contributed by atoms with E-state index in [0.29, 0.717) is 30.4 Å².